The lowest BCUT2D eigenvalue weighted by Crippen LogP contribution is -1.98. The Hall–Kier alpha value is -3.66. The van der Waals surface area contributed by atoms with Crippen LogP contribution in [0.15, 0.2) is 48.5 Å². The summed E-state index contributed by atoms with van der Waals surface area (Å²) in [6.45, 7) is 7.48. The second-order valence-electron chi connectivity index (χ2n) is 19.8. The van der Waals surface area contributed by atoms with E-state index < -0.39 is 0 Å². The molecule has 3 rings (SSSR count). The molecule has 0 fully saturated rings. The van der Waals surface area contributed by atoms with E-state index in [0.717, 1.165) is 64.6 Å². The number of benzene rings is 3. The first-order valence-electron chi connectivity index (χ1n) is 28.8. The molecule has 0 amide bonds. The zero-order valence-electron chi connectivity index (χ0n) is 44.1. The molecule has 2 nitrogen and oxygen atoms in total. The van der Waals surface area contributed by atoms with Gasteiger partial charge in [-0.2, -0.15) is 0 Å². The van der Waals surface area contributed by atoms with Crippen molar-refractivity contribution in [2.24, 2.45) is 0 Å². The van der Waals surface area contributed by atoms with Gasteiger partial charge >= 0.3 is 0 Å². The smallest absolute Gasteiger partial charge is 0.0722 e. The molecule has 0 aromatic heterocycles. The van der Waals surface area contributed by atoms with E-state index in [2.05, 4.69) is 110 Å². The van der Waals surface area contributed by atoms with Crippen LogP contribution in [0.2, 0.25) is 0 Å². The first-order valence-corrected chi connectivity index (χ1v) is 28.8. The molecule has 3 aromatic rings. The summed E-state index contributed by atoms with van der Waals surface area (Å²) in [4.78, 5) is 0. The van der Waals surface area contributed by atoms with Crippen LogP contribution in [-0.2, 0) is 22.7 Å². The zero-order chi connectivity index (χ0) is 47.9. The van der Waals surface area contributed by atoms with Crippen LogP contribution < -0.4 is 0 Å². The quantitative estimate of drug-likeness (QED) is 0.0320. The van der Waals surface area contributed by atoms with E-state index in [1.807, 2.05) is 0 Å². The van der Waals surface area contributed by atoms with Gasteiger partial charge in [-0.05, 0) is 107 Å². The van der Waals surface area contributed by atoms with Crippen molar-refractivity contribution in [3.05, 3.63) is 59.7 Å². The van der Waals surface area contributed by atoms with Gasteiger partial charge in [0.2, 0.25) is 0 Å². The highest BCUT2D eigenvalue weighted by Crippen LogP contribution is 2.29. The molecule has 68 heavy (non-hydrogen) atoms. The van der Waals surface area contributed by atoms with Gasteiger partial charge in [0.1, 0.15) is 0 Å². The van der Waals surface area contributed by atoms with E-state index in [-0.39, 0.29) is 0 Å². The van der Waals surface area contributed by atoms with Crippen LogP contribution in [0.1, 0.15) is 269 Å². The topological polar surface area (TPSA) is 18.5 Å². The van der Waals surface area contributed by atoms with Gasteiger partial charge < -0.3 is 9.47 Å². The van der Waals surface area contributed by atoms with Crippen LogP contribution in [0.3, 0.4) is 0 Å². The van der Waals surface area contributed by atoms with Gasteiger partial charge in [0.15, 0.2) is 0 Å². The lowest BCUT2D eigenvalue weighted by Gasteiger charge is -2.12. The molecule has 0 heterocycles. The van der Waals surface area contributed by atoms with Crippen LogP contribution in [0.4, 0.5) is 0 Å². The summed E-state index contributed by atoms with van der Waals surface area (Å²) in [5.41, 5.74) is 2.52. The molecular formula is C66H98O2. The maximum absolute atomic E-state index is 6.19. The predicted molar refractivity (Wildman–Crippen MR) is 299 cm³/mol. The third kappa shape index (κ3) is 31.5. The zero-order valence-corrected chi connectivity index (χ0v) is 44.1. The van der Waals surface area contributed by atoms with Gasteiger partial charge in [0.05, 0.1) is 13.2 Å². The third-order valence-electron chi connectivity index (χ3n) is 13.5. The maximum atomic E-state index is 6.19. The van der Waals surface area contributed by atoms with Crippen molar-refractivity contribution in [3.8, 4) is 47.4 Å². The first-order chi connectivity index (χ1) is 33.8. The number of rotatable bonds is 42. The highest BCUT2D eigenvalue weighted by molar-refractivity contribution is 6.00. The lowest BCUT2D eigenvalue weighted by molar-refractivity contribution is 0.117. The van der Waals surface area contributed by atoms with Crippen molar-refractivity contribution in [3.63, 3.8) is 0 Å². The van der Waals surface area contributed by atoms with Gasteiger partial charge in [-0.3, -0.25) is 0 Å². The molecule has 0 aliphatic carbocycles. The number of hydrogen-bond acceptors (Lipinski definition) is 2. The van der Waals surface area contributed by atoms with E-state index in [4.69, 9.17) is 9.47 Å². The van der Waals surface area contributed by atoms with Crippen LogP contribution >= 0.6 is 0 Å². The van der Waals surface area contributed by atoms with Crippen LogP contribution in [0.25, 0.3) is 21.5 Å². The summed E-state index contributed by atoms with van der Waals surface area (Å²) in [6, 6.07) is 17.9. The second kappa shape index (κ2) is 44.5. The van der Waals surface area contributed by atoms with Gasteiger partial charge in [0, 0.05) is 38.9 Å². The molecule has 0 spiro atoms. The molecule has 0 unspecified atom stereocenters. The number of ether oxygens (including phenoxy) is 2. The summed E-state index contributed by atoms with van der Waals surface area (Å²) in [5.74, 6) is 25.4. The molecule has 2 heteroatoms. The fraction of sp³-hybridized carbons (Fsp3) is 0.667. The van der Waals surface area contributed by atoms with Crippen molar-refractivity contribution in [2.75, 3.05) is 13.2 Å². The SMILES string of the molecule is CCCCCCCCCCCCCCCC#CC#CCCCCCCOCc1cccc2cc3c(COCCCCCCC#CC#CCCCCCCCCCCCCCCC)cccc3cc12. The molecule has 0 aliphatic rings. The molecule has 0 saturated carbocycles. The minimum absolute atomic E-state index is 0.648. The molecule has 0 N–H and O–H groups in total. The number of fused-ring (bicyclic) bond motifs is 2. The van der Waals surface area contributed by atoms with E-state index >= 15 is 0 Å². The minimum atomic E-state index is 0.648. The van der Waals surface area contributed by atoms with E-state index in [0.29, 0.717) is 13.2 Å². The van der Waals surface area contributed by atoms with Crippen LogP contribution in [-0.4, -0.2) is 13.2 Å². The van der Waals surface area contributed by atoms with Gasteiger partial charge in [-0.15, -0.1) is 0 Å². The van der Waals surface area contributed by atoms with Gasteiger partial charge in [-0.25, -0.2) is 0 Å². The Labute approximate surface area is 420 Å². The largest absolute Gasteiger partial charge is 0.377 e. The Balaban J connectivity index is 1.15. The normalized spacial score (nSPS) is 10.9. The van der Waals surface area contributed by atoms with Gasteiger partial charge in [0.25, 0.3) is 0 Å². The number of hydrogen-bond donors (Lipinski definition) is 0. The summed E-state index contributed by atoms with van der Waals surface area (Å²) >= 11 is 0. The van der Waals surface area contributed by atoms with Crippen LogP contribution in [0, 0.1) is 47.4 Å². The Morgan fingerprint density at radius 2 is 0.574 bits per heavy atom. The standard InChI is InChI=1S/C66H98O2/c1-3-5-7-9-11-13-15-17-19-21-23-25-27-29-31-33-35-37-39-41-43-45-47-55-67-59-63-53-49-51-61-58-66-62(57-65(61)63)52-50-54-64(66)60-68-56-48-46-44-42-40-38-36-34-32-30-28-26-24-22-20-18-16-14-12-10-8-6-4-2/h49-54,57-58H,3-30,39-48,55-56,59-60H2,1-2H3. The molecule has 3 aromatic carbocycles. The summed E-state index contributed by atoms with van der Waals surface area (Å²) < 4.78 is 12.4. The highest BCUT2D eigenvalue weighted by Gasteiger charge is 2.08. The fourth-order valence-corrected chi connectivity index (χ4v) is 9.23. The Morgan fingerprint density at radius 1 is 0.309 bits per heavy atom. The van der Waals surface area contributed by atoms with Crippen molar-refractivity contribution >= 4 is 21.5 Å². The molecule has 0 bridgehead atoms. The molecule has 0 radical (unpaired) electrons. The molecule has 374 valence electrons. The predicted octanol–water partition coefficient (Wildman–Crippen LogP) is 19.9. The summed E-state index contributed by atoms with van der Waals surface area (Å²) in [7, 11) is 0. The van der Waals surface area contributed by atoms with Crippen molar-refractivity contribution < 1.29 is 9.47 Å². The maximum Gasteiger partial charge on any atom is 0.0722 e. The third-order valence-corrected chi connectivity index (χ3v) is 13.5. The molecule has 0 saturated heterocycles. The molecular weight excluding hydrogens is 825 g/mol. The molecule has 0 atom stereocenters. The lowest BCUT2D eigenvalue weighted by atomic mass is 9.97. The monoisotopic (exact) mass is 923 g/mol. The fourth-order valence-electron chi connectivity index (χ4n) is 9.23. The van der Waals surface area contributed by atoms with Gasteiger partial charge in [-0.1, -0.05) is 254 Å². The van der Waals surface area contributed by atoms with E-state index in [9.17, 15) is 0 Å². The first kappa shape index (κ1) is 58.7. The minimum Gasteiger partial charge on any atom is -0.377 e. The van der Waals surface area contributed by atoms with Crippen molar-refractivity contribution in [1.82, 2.24) is 0 Å². The second-order valence-corrected chi connectivity index (χ2v) is 19.8. The molecule has 0 aliphatic heterocycles. The van der Waals surface area contributed by atoms with Crippen molar-refractivity contribution in [2.45, 2.75) is 271 Å². The average molecular weight is 924 g/mol. The van der Waals surface area contributed by atoms with E-state index in [1.54, 1.807) is 0 Å². The summed E-state index contributed by atoms with van der Waals surface area (Å²) in [6.07, 6.45) is 49.3. The Bertz CT molecular complexity index is 1780. The Morgan fingerprint density at radius 3 is 0.868 bits per heavy atom. The van der Waals surface area contributed by atoms with Crippen LogP contribution in [0.5, 0.6) is 0 Å². The van der Waals surface area contributed by atoms with E-state index in [1.165, 1.54) is 225 Å². The Kier molecular flexibility index (Phi) is 38.4. The van der Waals surface area contributed by atoms with Crippen molar-refractivity contribution in [1.29, 1.82) is 0 Å². The number of unbranched alkanes of at least 4 members (excludes halogenated alkanes) is 34. The average Bonchev–Trinajstić information content (AvgIpc) is 3.35. The highest BCUT2D eigenvalue weighted by atomic mass is 16.5. The summed E-state index contributed by atoms with van der Waals surface area (Å²) in [5, 5.41) is 5.09.